The molecule has 0 bridgehead atoms. The van der Waals surface area contributed by atoms with Gasteiger partial charge in [0.2, 0.25) is 0 Å². The number of rotatable bonds is 4. The standard InChI is InChI=1S/C17H18Cl2N2/c18-13-8-12(9-14(19)10-13)17(21-20)16-7-2-1-6-15(16)11-4-3-5-11/h1-2,6-11,17,21H,3-5,20H2. The van der Waals surface area contributed by atoms with Gasteiger partial charge in [-0.2, -0.15) is 0 Å². The van der Waals surface area contributed by atoms with Gasteiger partial charge in [-0.05, 0) is 53.6 Å². The summed E-state index contributed by atoms with van der Waals surface area (Å²) in [5.74, 6) is 6.47. The smallest absolute Gasteiger partial charge is 0.0713 e. The van der Waals surface area contributed by atoms with E-state index >= 15 is 0 Å². The molecule has 0 saturated heterocycles. The van der Waals surface area contributed by atoms with Crippen LogP contribution < -0.4 is 11.3 Å². The average Bonchev–Trinajstić information content (AvgIpc) is 2.38. The molecule has 4 heteroatoms. The second-order valence-corrected chi connectivity index (χ2v) is 6.43. The maximum atomic E-state index is 6.13. The molecule has 1 aliphatic carbocycles. The number of hydrogen-bond donors (Lipinski definition) is 2. The van der Waals surface area contributed by atoms with Crippen molar-refractivity contribution in [2.45, 2.75) is 31.2 Å². The molecule has 1 fully saturated rings. The summed E-state index contributed by atoms with van der Waals surface area (Å²) in [5, 5.41) is 1.25. The van der Waals surface area contributed by atoms with Crippen molar-refractivity contribution in [2.75, 3.05) is 0 Å². The lowest BCUT2D eigenvalue weighted by Gasteiger charge is -2.30. The SMILES string of the molecule is NNC(c1cc(Cl)cc(Cl)c1)c1ccccc1C1CCC1. The minimum atomic E-state index is -0.0991. The molecular weight excluding hydrogens is 303 g/mol. The second-order valence-electron chi connectivity index (χ2n) is 5.56. The maximum Gasteiger partial charge on any atom is 0.0713 e. The van der Waals surface area contributed by atoms with Crippen LogP contribution in [0.15, 0.2) is 42.5 Å². The molecule has 0 aliphatic heterocycles. The van der Waals surface area contributed by atoms with Crippen LogP contribution in [0.5, 0.6) is 0 Å². The van der Waals surface area contributed by atoms with Crippen molar-refractivity contribution >= 4 is 23.2 Å². The average molecular weight is 321 g/mol. The van der Waals surface area contributed by atoms with Crippen LogP contribution in [0.1, 0.15) is 47.9 Å². The van der Waals surface area contributed by atoms with Crippen LogP contribution in [-0.4, -0.2) is 0 Å². The molecule has 110 valence electrons. The highest BCUT2D eigenvalue weighted by Gasteiger charge is 2.25. The Bertz CT molecular complexity index is 618. The number of hydrogen-bond acceptors (Lipinski definition) is 2. The molecule has 0 radical (unpaired) electrons. The van der Waals surface area contributed by atoms with E-state index < -0.39 is 0 Å². The molecule has 21 heavy (non-hydrogen) atoms. The Morgan fingerprint density at radius 3 is 2.29 bits per heavy atom. The summed E-state index contributed by atoms with van der Waals surface area (Å²) in [6, 6.07) is 13.9. The zero-order chi connectivity index (χ0) is 14.8. The van der Waals surface area contributed by atoms with E-state index in [1.807, 2.05) is 18.2 Å². The van der Waals surface area contributed by atoms with E-state index in [0.717, 1.165) is 5.56 Å². The van der Waals surface area contributed by atoms with Gasteiger partial charge in [-0.25, -0.2) is 5.43 Å². The zero-order valence-corrected chi connectivity index (χ0v) is 13.2. The minimum absolute atomic E-state index is 0.0991. The Morgan fingerprint density at radius 2 is 1.71 bits per heavy atom. The number of nitrogens with one attached hydrogen (secondary N) is 1. The molecule has 3 rings (SSSR count). The van der Waals surface area contributed by atoms with Gasteiger partial charge in [-0.1, -0.05) is 53.9 Å². The minimum Gasteiger partial charge on any atom is -0.271 e. The highest BCUT2D eigenvalue weighted by molar-refractivity contribution is 6.34. The number of hydrazine groups is 1. The first-order valence-corrected chi connectivity index (χ1v) is 7.95. The van der Waals surface area contributed by atoms with Crippen LogP contribution in [0.3, 0.4) is 0 Å². The van der Waals surface area contributed by atoms with Crippen molar-refractivity contribution in [3.8, 4) is 0 Å². The summed E-state index contributed by atoms with van der Waals surface area (Å²) >= 11 is 12.3. The fourth-order valence-electron chi connectivity index (χ4n) is 2.97. The van der Waals surface area contributed by atoms with E-state index in [-0.39, 0.29) is 6.04 Å². The topological polar surface area (TPSA) is 38.0 Å². The lowest BCUT2D eigenvalue weighted by Crippen LogP contribution is -2.30. The summed E-state index contributed by atoms with van der Waals surface area (Å²) in [7, 11) is 0. The van der Waals surface area contributed by atoms with E-state index in [1.165, 1.54) is 30.4 Å². The number of halogens is 2. The molecule has 0 amide bonds. The fraction of sp³-hybridized carbons (Fsp3) is 0.294. The first-order valence-electron chi connectivity index (χ1n) is 7.20. The molecule has 1 saturated carbocycles. The Morgan fingerprint density at radius 1 is 1.05 bits per heavy atom. The zero-order valence-electron chi connectivity index (χ0n) is 11.7. The molecule has 0 spiro atoms. The Kier molecular flexibility index (Phi) is 4.51. The monoisotopic (exact) mass is 320 g/mol. The number of nitrogens with two attached hydrogens (primary N) is 1. The molecule has 1 atom stereocenters. The summed E-state index contributed by atoms with van der Waals surface area (Å²) in [6.45, 7) is 0. The van der Waals surface area contributed by atoms with Crippen LogP contribution in [-0.2, 0) is 0 Å². The summed E-state index contributed by atoms with van der Waals surface area (Å²) < 4.78 is 0. The van der Waals surface area contributed by atoms with Crippen molar-refractivity contribution in [3.05, 3.63) is 69.2 Å². The third-order valence-corrected chi connectivity index (χ3v) is 4.67. The van der Waals surface area contributed by atoms with Crippen LogP contribution in [0.25, 0.3) is 0 Å². The predicted molar refractivity (Wildman–Crippen MR) is 88.7 cm³/mol. The van der Waals surface area contributed by atoms with E-state index in [0.29, 0.717) is 16.0 Å². The van der Waals surface area contributed by atoms with Gasteiger partial charge in [0, 0.05) is 10.0 Å². The van der Waals surface area contributed by atoms with Crippen molar-refractivity contribution < 1.29 is 0 Å². The lowest BCUT2D eigenvalue weighted by molar-refractivity contribution is 0.414. The molecule has 0 heterocycles. The Hall–Kier alpha value is -1.06. The predicted octanol–water partition coefficient (Wildman–Crippen LogP) is 4.81. The van der Waals surface area contributed by atoms with Crippen molar-refractivity contribution in [2.24, 2.45) is 5.84 Å². The molecule has 2 aromatic rings. The lowest BCUT2D eigenvalue weighted by atomic mass is 9.76. The number of benzene rings is 2. The fourth-order valence-corrected chi connectivity index (χ4v) is 3.52. The second kappa shape index (κ2) is 6.37. The van der Waals surface area contributed by atoms with Crippen LogP contribution in [0.4, 0.5) is 0 Å². The normalized spacial score (nSPS) is 16.5. The summed E-state index contributed by atoms with van der Waals surface area (Å²) in [6.07, 6.45) is 3.82. The van der Waals surface area contributed by atoms with Gasteiger partial charge in [0.25, 0.3) is 0 Å². The molecule has 2 aromatic carbocycles. The van der Waals surface area contributed by atoms with Gasteiger partial charge in [-0.15, -0.1) is 0 Å². The molecule has 3 N–H and O–H groups in total. The third-order valence-electron chi connectivity index (χ3n) is 4.24. The summed E-state index contributed by atoms with van der Waals surface area (Å²) in [4.78, 5) is 0. The van der Waals surface area contributed by atoms with E-state index in [1.54, 1.807) is 6.07 Å². The van der Waals surface area contributed by atoms with Crippen LogP contribution >= 0.6 is 23.2 Å². The first-order chi connectivity index (χ1) is 10.2. The largest absolute Gasteiger partial charge is 0.271 e. The quantitative estimate of drug-likeness (QED) is 0.626. The van der Waals surface area contributed by atoms with Gasteiger partial charge in [0.1, 0.15) is 0 Å². The Balaban J connectivity index is 2.03. The van der Waals surface area contributed by atoms with Gasteiger partial charge >= 0.3 is 0 Å². The molecule has 1 unspecified atom stereocenters. The van der Waals surface area contributed by atoms with Gasteiger partial charge in [0.15, 0.2) is 0 Å². The van der Waals surface area contributed by atoms with E-state index in [4.69, 9.17) is 29.0 Å². The molecule has 1 aliphatic rings. The van der Waals surface area contributed by atoms with Gasteiger partial charge < -0.3 is 0 Å². The molecular formula is C17H18Cl2N2. The van der Waals surface area contributed by atoms with E-state index in [2.05, 4.69) is 23.6 Å². The Labute approximate surface area is 135 Å². The highest BCUT2D eigenvalue weighted by atomic mass is 35.5. The highest BCUT2D eigenvalue weighted by Crippen LogP contribution is 2.40. The molecule has 2 nitrogen and oxygen atoms in total. The van der Waals surface area contributed by atoms with Crippen LogP contribution in [0.2, 0.25) is 10.0 Å². The van der Waals surface area contributed by atoms with Crippen LogP contribution in [0, 0.1) is 0 Å². The van der Waals surface area contributed by atoms with Gasteiger partial charge in [-0.3, -0.25) is 5.84 Å². The first kappa shape index (κ1) is 14.9. The summed E-state index contributed by atoms with van der Waals surface area (Å²) in [5.41, 5.74) is 6.49. The van der Waals surface area contributed by atoms with Crippen molar-refractivity contribution in [1.29, 1.82) is 0 Å². The maximum absolute atomic E-state index is 6.13. The van der Waals surface area contributed by atoms with Gasteiger partial charge in [0.05, 0.1) is 6.04 Å². The van der Waals surface area contributed by atoms with Crippen molar-refractivity contribution in [3.63, 3.8) is 0 Å². The van der Waals surface area contributed by atoms with E-state index in [9.17, 15) is 0 Å². The van der Waals surface area contributed by atoms with Crippen molar-refractivity contribution in [1.82, 2.24) is 5.43 Å². The molecule has 0 aromatic heterocycles. The third kappa shape index (κ3) is 3.09.